The van der Waals surface area contributed by atoms with Crippen molar-refractivity contribution in [2.24, 2.45) is 5.92 Å². The molecular weight excluding hydrogens is 467 g/mol. The number of benzene rings is 3. The van der Waals surface area contributed by atoms with E-state index >= 15 is 0 Å². The molecule has 3 aromatic rings. The highest BCUT2D eigenvalue weighted by Gasteiger charge is 2.32. The lowest BCUT2D eigenvalue weighted by atomic mass is 9.89. The number of unbranched alkanes of at least 4 members (excludes halogenated alkanes) is 1. The van der Waals surface area contributed by atoms with Crippen LogP contribution in [0.2, 0.25) is 0 Å². The normalized spacial score (nSPS) is 14.4. The maximum absolute atomic E-state index is 13.0. The van der Waals surface area contributed by atoms with E-state index in [0.29, 0.717) is 12.0 Å². The number of rotatable bonds is 9. The lowest BCUT2D eigenvalue weighted by Crippen LogP contribution is -2.35. The molecule has 0 radical (unpaired) electrons. The van der Waals surface area contributed by atoms with Gasteiger partial charge in [-0.1, -0.05) is 80.4 Å². The Bertz CT molecular complexity index is 1160. The molecule has 4 nitrogen and oxygen atoms in total. The molecule has 3 aromatic carbocycles. The Morgan fingerprint density at radius 3 is 2.08 bits per heavy atom. The monoisotopic (exact) mass is 495 g/mol. The molecule has 188 valence electrons. The first-order valence-electron chi connectivity index (χ1n) is 12.1. The van der Waals surface area contributed by atoms with Gasteiger partial charge in [0.15, 0.2) is 0 Å². The zero-order valence-corrected chi connectivity index (χ0v) is 19.9. The first-order chi connectivity index (χ1) is 17.3. The summed E-state index contributed by atoms with van der Waals surface area (Å²) in [7, 11) is 0. The first-order valence-corrected chi connectivity index (χ1v) is 12.1. The number of alkyl halides is 3. The van der Waals surface area contributed by atoms with Crippen LogP contribution in [0.3, 0.4) is 0 Å². The number of nitrogens with one attached hydrogen (secondary N) is 1. The summed E-state index contributed by atoms with van der Waals surface area (Å²) < 4.78 is 44.7. The zero-order valence-electron chi connectivity index (χ0n) is 19.9. The van der Waals surface area contributed by atoms with E-state index in [-0.39, 0.29) is 12.5 Å². The summed E-state index contributed by atoms with van der Waals surface area (Å²) in [5.41, 5.74) is 3.97. The number of carbonyl (C=O) groups excluding carboxylic acids is 2. The fraction of sp³-hybridized carbons (Fsp3) is 0.310. The number of hydrogen-bond donors (Lipinski definition) is 1. The molecule has 0 aromatic heterocycles. The third-order valence-corrected chi connectivity index (χ3v) is 6.71. The van der Waals surface area contributed by atoms with Crippen LogP contribution < -0.4 is 5.32 Å². The summed E-state index contributed by atoms with van der Waals surface area (Å²) in [6.07, 6.45) is -2.36. The van der Waals surface area contributed by atoms with Gasteiger partial charge in [-0.3, -0.25) is 0 Å². The van der Waals surface area contributed by atoms with Gasteiger partial charge < -0.3 is 14.8 Å². The maximum Gasteiger partial charge on any atom is 0.416 e. The van der Waals surface area contributed by atoms with E-state index in [2.05, 4.69) is 5.32 Å². The summed E-state index contributed by atoms with van der Waals surface area (Å²) in [6.45, 7) is 2.08. The van der Waals surface area contributed by atoms with Crippen molar-refractivity contribution in [3.63, 3.8) is 0 Å². The summed E-state index contributed by atoms with van der Waals surface area (Å²) in [4.78, 5) is 24.8. The number of carbonyl (C=O) groups is 2. The van der Waals surface area contributed by atoms with Crippen LogP contribution in [-0.2, 0) is 15.7 Å². The van der Waals surface area contributed by atoms with E-state index in [1.165, 1.54) is 12.1 Å². The molecule has 0 heterocycles. The fourth-order valence-corrected chi connectivity index (χ4v) is 4.84. The van der Waals surface area contributed by atoms with Crippen LogP contribution in [0, 0.1) is 5.92 Å². The summed E-state index contributed by atoms with van der Waals surface area (Å²) in [5.74, 6) is -0.725. The molecule has 0 spiro atoms. The van der Waals surface area contributed by atoms with Crippen molar-refractivity contribution in [2.75, 3.05) is 6.61 Å². The van der Waals surface area contributed by atoms with Crippen LogP contribution in [0.15, 0.2) is 72.8 Å². The maximum atomic E-state index is 13.0. The predicted octanol–water partition coefficient (Wildman–Crippen LogP) is 7.29. The Hall–Kier alpha value is -3.61. The standard InChI is InChI=1S/C29H28F3NO3/c1-2-3-8-20(17-34)27(19-13-15-21(16-14-19)29(30,31)32)33-28(35)36-18-26-24-11-6-4-9-22(24)23-10-5-7-12-25(23)26/h4-7,9-17,20,26-27H,2-3,8,18H2,1H3,(H,33,35)/t20-,27-/m1/s1. The van der Waals surface area contributed by atoms with Crippen LogP contribution in [0.4, 0.5) is 18.0 Å². The highest BCUT2D eigenvalue weighted by Crippen LogP contribution is 2.44. The molecule has 36 heavy (non-hydrogen) atoms. The van der Waals surface area contributed by atoms with Gasteiger partial charge in [0.1, 0.15) is 12.9 Å². The number of ether oxygens (including phenoxy) is 1. The summed E-state index contributed by atoms with van der Waals surface area (Å²) >= 11 is 0. The minimum absolute atomic E-state index is 0.0975. The third-order valence-electron chi connectivity index (χ3n) is 6.71. The first kappa shape index (κ1) is 25.5. The molecule has 1 amide bonds. The number of alkyl carbamates (subject to hydrolysis) is 1. The van der Waals surface area contributed by atoms with Crippen molar-refractivity contribution in [1.82, 2.24) is 5.32 Å². The van der Waals surface area contributed by atoms with Crippen molar-refractivity contribution >= 4 is 12.4 Å². The summed E-state index contributed by atoms with van der Waals surface area (Å²) in [5, 5.41) is 2.75. The predicted molar refractivity (Wildman–Crippen MR) is 131 cm³/mol. The molecule has 0 bridgehead atoms. The Morgan fingerprint density at radius 1 is 0.972 bits per heavy atom. The average molecular weight is 496 g/mol. The second-order valence-corrected chi connectivity index (χ2v) is 9.01. The Morgan fingerprint density at radius 2 is 1.56 bits per heavy atom. The number of halogens is 3. The molecule has 1 aliphatic carbocycles. The molecule has 0 saturated carbocycles. The quantitative estimate of drug-likeness (QED) is 0.317. The van der Waals surface area contributed by atoms with Crippen molar-refractivity contribution in [3.8, 4) is 11.1 Å². The fourth-order valence-electron chi connectivity index (χ4n) is 4.84. The molecule has 0 fully saturated rings. The van der Waals surface area contributed by atoms with Gasteiger partial charge in [-0.2, -0.15) is 13.2 Å². The van der Waals surface area contributed by atoms with Crippen molar-refractivity contribution in [2.45, 2.75) is 44.3 Å². The van der Waals surface area contributed by atoms with E-state index in [0.717, 1.165) is 53.5 Å². The third kappa shape index (κ3) is 5.45. The second kappa shape index (κ2) is 11.0. The lowest BCUT2D eigenvalue weighted by Gasteiger charge is -2.25. The molecule has 0 saturated heterocycles. The van der Waals surface area contributed by atoms with Crippen LogP contribution in [0.5, 0.6) is 0 Å². The Labute approximate surface area is 208 Å². The van der Waals surface area contributed by atoms with E-state index in [1.54, 1.807) is 0 Å². The van der Waals surface area contributed by atoms with Gasteiger partial charge in [-0.05, 0) is 46.4 Å². The molecule has 1 N–H and O–H groups in total. The minimum atomic E-state index is -4.47. The smallest absolute Gasteiger partial charge is 0.416 e. The largest absolute Gasteiger partial charge is 0.449 e. The molecule has 0 unspecified atom stereocenters. The van der Waals surface area contributed by atoms with Crippen molar-refractivity contribution in [3.05, 3.63) is 95.1 Å². The van der Waals surface area contributed by atoms with Gasteiger partial charge in [0.2, 0.25) is 0 Å². The number of hydrogen-bond acceptors (Lipinski definition) is 3. The van der Waals surface area contributed by atoms with Crippen LogP contribution >= 0.6 is 0 Å². The Balaban J connectivity index is 1.51. The molecular formula is C29H28F3NO3. The second-order valence-electron chi connectivity index (χ2n) is 9.01. The van der Waals surface area contributed by atoms with Gasteiger partial charge in [0.05, 0.1) is 11.6 Å². The van der Waals surface area contributed by atoms with Gasteiger partial charge in [-0.15, -0.1) is 0 Å². The van der Waals surface area contributed by atoms with Gasteiger partial charge in [-0.25, -0.2) is 4.79 Å². The van der Waals surface area contributed by atoms with E-state index in [9.17, 15) is 22.8 Å². The van der Waals surface area contributed by atoms with Gasteiger partial charge >= 0.3 is 12.3 Å². The van der Waals surface area contributed by atoms with Crippen molar-refractivity contribution < 1.29 is 27.5 Å². The average Bonchev–Trinajstić information content (AvgIpc) is 3.20. The van der Waals surface area contributed by atoms with Gasteiger partial charge in [0.25, 0.3) is 0 Å². The number of amides is 1. The molecule has 7 heteroatoms. The Kier molecular flexibility index (Phi) is 7.77. The lowest BCUT2D eigenvalue weighted by molar-refractivity contribution is -0.137. The van der Waals surface area contributed by atoms with E-state index in [1.807, 2.05) is 55.5 Å². The van der Waals surface area contributed by atoms with E-state index < -0.39 is 29.8 Å². The van der Waals surface area contributed by atoms with Gasteiger partial charge in [0, 0.05) is 11.8 Å². The SMILES string of the molecule is CCCC[C@H](C=O)[C@H](NC(=O)OCC1c2ccccc2-c2ccccc21)c1ccc(C(F)(F)F)cc1. The highest BCUT2D eigenvalue weighted by molar-refractivity contribution is 5.79. The van der Waals surface area contributed by atoms with Crippen LogP contribution in [0.1, 0.15) is 60.4 Å². The topological polar surface area (TPSA) is 55.4 Å². The van der Waals surface area contributed by atoms with Crippen LogP contribution in [-0.4, -0.2) is 19.0 Å². The van der Waals surface area contributed by atoms with E-state index in [4.69, 9.17) is 4.74 Å². The van der Waals surface area contributed by atoms with Crippen LogP contribution in [0.25, 0.3) is 11.1 Å². The molecule has 4 rings (SSSR count). The zero-order chi connectivity index (χ0) is 25.7. The molecule has 1 aliphatic rings. The summed E-state index contributed by atoms with van der Waals surface area (Å²) in [6, 6.07) is 19.7. The minimum Gasteiger partial charge on any atom is -0.449 e. The molecule has 2 atom stereocenters. The molecule has 0 aliphatic heterocycles. The van der Waals surface area contributed by atoms with Crippen molar-refractivity contribution in [1.29, 1.82) is 0 Å². The highest BCUT2D eigenvalue weighted by atomic mass is 19.4. The number of aldehydes is 1. The number of fused-ring (bicyclic) bond motifs is 3.